The highest BCUT2D eigenvalue weighted by Gasteiger charge is 2.34. The lowest BCUT2D eigenvalue weighted by Gasteiger charge is -2.07. The number of halogens is 3. The van der Waals surface area contributed by atoms with Gasteiger partial charge in [0.05, 0.1) is 23.0 Å². The molecular formula is C14H10F3N3O2. The first-order valence-electron chi connectivity index (χ1n) is 6.26. The van der Waals surface area contributed by atoms with Crippen LogP contribution in [-0.2, 0) is 6.18 Å². The van der Waals surface area contributed by atoms with E-state index in [0.717, 1.165) is 12.3 Å². The number of nitrogens with zero attached hydrogens (tertiary/aromatic N) is 1. The minimum atomic E-state index is -4.50. The zero-order valence-electron chi connectivity index (χ0n) is 11.2. The number of rotatable bonds is 2. The van der Waals surface area contributed by atoms with Gasteiger partial charge in [0.25, 0.3) is 0 Å². The normalized spacial score (nSPS) is 12.0. The fourth-order valence-corrected chi connectivity index (χ4v) is 2.54. The van der Waals surface area contributed by atoms with E-state index >= 15 is 0 Å². The van der Waals surface area contributed by atoms with Crippen LogP contribution < -0.4 is 0 Å². The monoisotopic (exact) mass is 309 g/mol. The van der Waals surface area contributed by atoms with Gasteiger partial charge < -0.3 is 10.1 Å². The van der Waals surface area contributed by atoms with Gasteiger partial charge in [0, 0.05) is 16.6 Å². The van der Waals surface area contributed by atoms with E-state index in [9.17, 15) is 18.0 Å². The average Bonchev–Trinajstić information content (AvgIpc) is 2.99. The summed E-state index contributed by atoms with van der Waals surface area (Å²) >= 11 is 0. The van der Waals surface area contributed by atoms with E-state index in [-0.39, 0.29) is 16.8 Å². The molecule has 0 atom stereocenters. The topological polar surface area (TPSA) is 81.8 Å². The molecule has 22 heavy (non-hydrogen) atoms. The number of aryl methyl sites for hydroxylation is 1. The number of H-pyrrole nitrogens is 2. The van der Waals surface area contributed by atoms with Crippen LogP contribution in [0.25, 0.3) is 22.2 Å². The second-order valence-electron chi connectivity index (χ2n) is 4.81. The molecular weight excluding hydrogens is 299 g/mol. The third-order valence-electron chi connectivity index (χ3n) is 3.45. The lowest BCUT2D eigenvalue weighted by Crippen LogP contribution is -2.05. The fourth-order valence-electron chi connectivity index (χ4n) is 2.54. The Morgan fingerprint density at radius 1 is 1.32 bits per heavy atom. The fraction of sp³-hybridized carbons (Fsp3) is 0.143. The summed E-state index contributed by atoms with van der Waals surface area (Å²) in [5.74, 6) is -1.20. The molecule has 0 bridgehead atoms. The third-order valence-corrected chi connectivity index (χ3v) is 3.45. The Balaban J connectivity index is 2.35. The number of aromatic amines is 2. The molecule has 2 heterocycles. The van der Waals surface area contributed by atoms with E-state index in [0.29, 0.717) is 16.6 Å². The Kier molecular flexibility index (Phi) is 2.98. The van der Waals surface area contributed by atoms with Gasteiger partial charge >= 0.3 is 12.1 Å². The minimum Gasteiger partial charge on any atom is -0.478 e. The number of nitrogens with one attached hydrogen (secondary N) is 2. The average molecular weight is 309 g/mol. The predicted molar refractivity (Wildman–Crippen MR) is 72.6 cm³/mol. The molecule has 0 fully saturated rings. The quantitative estimate of drug-likeness (QED) is 0.676. The molecule has 8 heteroatoms. The smallest absolute Gasteiger partial charge is 0.418 e. The van der Waals surface area contributed by atoms with Gasteiger partial charge in [-0.15, -0.1) is 0 Å². The van der Waals surface area contributed by atoms with E-state index < -0.39 is 17.7 Å². The van der Waals surface area contributed by atoms with E-state index in [2.05, 4.69) is 15.2 Å². The number of alkyl halides is 3. The number of carboxylic acids is 1. The Morgan fingerprint density at radius 3 is 2.68 bits per heavy atom. The summed E-state index contributed by atoms with van der Waals surface area (Å²) in [6.45, 7) is 1.59. The Hall–Kier alpha value is -2.77. The van der Waals surface area contributed by atoms with Gasteiger partial charge in [-0.25, -0.2) is 4.79 Å². The maximum Gasteiger partial charge on any atom is 0.418 e. The van der Waals surface area contributed by atoms with Crippen molar-refractivity contribution in [2.24, 2.45) is 0 Å². The van der Waals surface area contributed by atoms with Crippen LogP contribution >= 0.6 is 0 Å². The van der Waals surface area contributed by atoms with Crippen molar-refractivity contribution in [2.45, 2.75) is 13.1 Å². The molecule has 114 valence electrons. The minimum absolute atomic E-state index is 0.0755. The van der Waals surface area contributed by atoms with E-state index in [4.69, 9.17) is 5.11 Å². The lowest BCUT2D eigenvalue weighted by molar-refractivity contribution is -0.136. The van der Waals surface area contributed by atoms with Gasteiger partial charge in [-0.3, -0.25) is 5.10 Å². The predicted octanol–water partition coefficient (Wildman–Crippen LogP) is 3.58. The first-order valence-corrected chi connectivity index (χ1v) is 6.26. The molecule has 0 unspecified atom stereocenters. The van der Waals surface area contributed by atoms with Crippen molar-refractivity contribution in [3.05, 3.63) is 41.2 Å². The van der Waals surface area contributed by atoms with Crippen molar-refractivity contribution in [2.75, 3.05) is 0 Å². The van der Waals surface area contributed by atoms with Crippen molar-refractivity contribution >= 4 is 16.9 Å². The van der Waals surface area contributed by atoms with Crippen molar-refractivity contribution in [1.29, 1.82) is 0 Å². The second-order valence-corrected chi connectivity index (χ2v) is 4.81. The molecule has 0 aliphatic rings. The summed E-state index contributed by atoms with van der Waals surface area (Å²) in [5, 5.41) is 15.7. The molecule has 3 N–H and O–H groups in total. The lowest BCUT2D eigenvalue weighted by atomic mass is 10.0. The highest BCUT2D eigenvalue weighted by Crippen LogP contribution is 2.39. The van der Waals surface area contributed by atoms with Crippen molar-refractivity contribution in [1.82, 2.24) is 15.2 Å². The summed E-state index contributed by atoms with van der Waals surface area (Å²) < 4.78 is 39.2. The number of aromatic nitrogens is 3. The summed E-state index contributed by atoms with van der Waals surface area (Å²) in [7, 11) is 0. The van der Waals surface area contributed by atoms with Crippen LogP contribution in [0.3, 0.4) is 0 Å². The van der Waals surface area contributed by atoms with Gasteiger partial charge in [0.15, 0.2) is 0 Å². The number of carbonyl (C=O) groups is 1. The maximum atomic E-state index is 13.1. The van der Waals surface area contributed by atoms with Crippen LogP contribution in [0.4, 0.5) is 13.2 Å². The maximum absolute atomic E-state index is 13.1. The molecule has 0 amide bonds. The zero-order valence-corrected chi connectivity index (χ0v) is 11.2. The van der Waals surface area contributed by atoms with Gasteiger partial charge in [-0.05, 0) is 13.0 Å². The van der Waals surface area contributed by atoms with E-state index in [1.807, 2.05) is 0 Å². The first-order chi connectivity index (χ1) is 10.3. The number of aromatic carboxylic acids is 1. The van der Waals surface area contributed by atoms with Crippen LogP contribution in [-0.4, -0.2) is 26.3 Å². The van der Waals surface area contributed by atoms with Crippen molar-refractivity contribution in [3.63, 3.8) is 0 Å². The number of para-hydroxylation sites is 1. The molecule has 0 saturated heterocycles. The molecule has 3 rings (SSSR count). The Labute approximate surface area is 121 Å². The second kappa shape index (κ2) is 4.62. The Bertz CT molecular complexity index is 877. The van der Waals surface area contributed by atoms with Gasteiger partial charge in [-0.1, -0.05) is 12.1 Å². The first kappa shape index (κ1) is 14.2. The molecule has 0 saturated carbocycles. The summed E-state index contributed by atoms with van der Waals surface area (Å²) in [4.78, 5) is 13.9. The highest BCUT2D eigenvalue weighted by molar-refractivity contribution is 6.03. The van der Waals surface area contributed by atoms with Crippen LogP contribution in [0.2, 0.25) is 0 Å². The molecule has 0 aliphatic carbocycles. The van der Waals surface area contributed by atoms with Crippen LogP contribution in [0.15, 0.2) is 24.4 Å². The summed E-state index contributed by atoms with van der Waals surface area (Å²) in [6.07, 6.45) is -3.37. The van der Waals surface area contributed by atoms with Crippen LogP contribution in [0.1, 0.15) is 21.6 Å². The summed E-state index contributed by atoms with van der Waals surface area (Å²) in [5.41, 5.74) is 0.00983. The van der Waals surface area contributed by atoms with Gasteiger partial charge in [0.2, 0.25) is 0 Å². The zero-order chi connectivity index (χ0) is 16.1. The van der Waals surface area contributed by atoms with E-state index in [1.165, 1.54) is 12.1 Å². The number of hydrogen-bond donors (Lipinski definition) is 3. The SMILES string of the molecule is Cc1[nH]c2c(C(F)(F)F)cccc2c1-c1[nH]ncc1C(=O)O. The standard InChI is InChI=1S/C14H10F3N3O2/c1-6-10(12-8(13(21)22)5-18-20-12)7-3-2-4-9(11(7)19-6)14(15,16)17/h2-5,19H,1H3,(H,18,20)(H,21,22). The van der Waals surface area contributed by atoms with Gasteiger partial charge in [-0.2, -0.15) is 18.3 Å². The molecule has 5 nitrogen and oxygen atoms in total. The number of fused-ring (bicyclic) bond motifs is 1. The van der Waals surface area contributed by atoms with Gasteiger partial charge in [0.1, 0.15) is 5.56 Å². The number of hydrogen-bond acceptors (Lipinski definition) is 2. The summed E-state index contributed by atoms with van der Waals surface area (Å²) in [6, 6.07) is 3.78. The van der Waals surface area contributed by atoms with Crippen LogP contribution in [0, 0.1) is 6.92 Å². The molecule has 0 spiro atoms. The van der Waals surface area contributed by atoms with Crippen molar-refractivity contribution in [3.8, 4) is 11.3 Å². The number of carboxylic acid groups (broad SMARTS) is 1. The molecule has 0 radical (unpaired) electrons. The van der Waals surface area contributed by atoms with Crippen molar-refractivity contribution < 1.29 is 23.1 Å². The third kappa shape index (κ3) is 2.03. The Morgan fingerprint density at radius 2 is 2.05 bits per heavy atom. The highest BCUT2D eigenvalue weighted by atomic mass is 19.4. The molecule has 0 aliphatic heterocycles. The van der Waals surface area contributed by atoms with E-state index in [1.54, 1.807) is 6.92 Å². The molecule has 2 aromatic heterocycles. The molecule has 3 aromatic rings. The number of benzene rings is 1. The largest absolute Gasteiger partial charge is 0.478 e. The molecule has 1 aromatic carbocycles. The van der Waals surface area contributed by atoms with Crippen LogP contribution in [0.5, 0.6) is 0 Å².